The summed E-state index contributed by atoms with van der Waals surface area (Å²) in [4.78, 5) is 33.8. The van der Waals surface area contributed by atoms with Gasteiger partial charge < -0.3 is 9.88 Å². The highest BCUT2D eigenvalue weighted by Gasteiger charge is 2.17. The van der Waals surface area contributed by atoms with Gasteiger partial charge in [-0.05, 0) is 31.5 Å². The van der Waals surface area contributed by atoms with Crippen molar-refractivity contribution < 1.29 is 0 Å². The topological polar surface area (TPSA) is 75.9 Å². The Balaban J connectivity index is 2.24. The molecule has 0 spiro atoms. The molecule has 23 heavy (non-hydrogen) atoms. The Morgan fingerprint density at radius 1 is 1.22 bits per heavy atom. The minimum Gasteiger partial charge on any atom is -0.318 e. The molecule has 120 valence electrons. The van der Waals surface area contributed by atoms with Crippen LogP contribution in [-0.2, 0) is 14.1 Å². The number of rotatable bonds is 3. The summed E-state index contributed by atoms with van der Waals surface area (Å²) in [6.07, 6.45) is 0. The van der Waals surface area contributed by atoms with Crippen molar-refractivity contribution in [2.75, 3.05) is 11.4 Å². The van der Waals surface area contributed by atoms with E-state index in [0.717, 1.165) is 15.8 Å². The largest absolute Gasteiger partial charge is 0.332 e. The lowest BCUT2D eigenvalue weighted by Crippen LogP contribution is -2.36. The highest BCUT2D eigenvalue weighted by atomic mass is 16.2. The molecule has 1 N–H and O–H groups in total. The summed E-state index contributed by atoms with van der Waals surface area (Å²) in [5.74, 6) is 0.548. The third-order valence-electron chi connectivity index (χ3n) is 3.97. The summed E-state index contributed by atoms with van der Waals surface area (Å²) in [7, 11) is 3.07. The number of nitrogens with one attached hydrogen (secondary N) is 1. The van der Waals surface area contributed by atoms with Gasteiger partial charge in [0.05, 0.1) is 0 Å². The number of hydrogen-bond acceptors (Lipinski definition) is 4. The standard InChI is InChI=1S/C16H19N5O2/c1-5-21(11-8-6-7-10(2)9-11)15-17-12-13(18-15)19(3)16(23)20(4)14(12)22/h6-9H,5H2,1-4H3,(H,17,18). The smallest absolute Gasteiger partial charge is 0.318 e. The first kappa shape index (κ1) is 15.1. The molecule has 0 radical (unpaired) electrons. The van der Waals surface area contributed by atoms with E-state index in [1.165, 1.54) is 11.6 Å². The summed E-state index contributed by atoms with van der Waals surface area (Å²) in [5, 5.41) is 0. The predicted octanol–water partition coefficient (Wildman–Crippen LogP) is 1.43. The molecule has 0 saturated heterocycles. The van der Waals surface area contributed by atoms with E-state index in [-0.39, 0.29) is 11.2 Å². The van der Waals surface area contributed by atoms with E-state index in [2.05, 4.69) is 9.97 Å². The van der Waals surface area contributed by atoms with Gasteiger partial charge in [-0.15, -0.1) is 0 Å². The Labute approximate surface area is 132 Å². The van der Waals surface area contributed by atoms with E-state index >= 15 is 0 Å². The number of aromatic amines is 1. The first-order valence-corrected chi connectivity index (χ1v) is 7.44. The van der Waals surface area contributed by atoms with Gasteiger partial charge in [0.15, 0.2) is 11.2 Å². The number of aromatic nitrogens is 4. The molecule has 1 aromatic carbocycles. The van der Waals surface area contributed by atoms with Crippen molar-refractivity contribution in [3.05, 3.63) is 50.7 Å². The Bertz CT molecular complexity index is 996. The van der Waals surface area contributed by atoms with Crippen molar-refractivity contribution in [2.24, 2.45) is 14.1 Å². The van der Waals surface area contributed by atoms with Gasteiger partial charge in [0, 0.05) is 26.3 Å². The third-order valence-corrected chi connectivity index (χ3v) is 3.97. The maximum Gasteiger partial charge on any atom is 0.332 e. The minimum atomic E-state index is -0.390. The van der Waals surface area contributed by atoms with Gasteiger partial charge in [-0.2, -0.15) is 4.98 Å². The fourth-order valence-electron chi connectivity index (χ4n) is 2.69. The molecule has 0 aliphatic heterocycles. The van der Waals surface area contributed by atoms with E-state index in [9.17, 15) is 9.59 Å². The lowest BCUT2D eigenvalue weighted by molar-refractivity contribution is 0.708. The fraction of sp³-hybridized carbons (Fsp3) is 0.312. The van der Waals surface area contributed by atoms with Gasteiger partial charge in [-0.25, -0.2) is 4.79 Å². The van der Waals surface area contributed by atoms with E-state index in [0.29, 0.717) is 23.7 Å². The molecule has 0 atom stereocenters. The second-order valence-electron chi connectivity index (χ2n) is 5.55. The van der Waals surface area contributed by atoms with Crippen LogP contribution < -0.4 is 16.1 Å². The monoisotopic (exact) mass is 313 g/mol. The van der Waals surface area contributed by atoms with Crippen LogP contribution in [0.3, 0.4) is 0 Å². The van der Waals surface area contributed by atoms with E-state index < -0.39 is 0 Å². The molecule has 0 amide bonds. The summed E-state index contributed by atoms with van der Waals surface area (Å²) >= 11 is 0. The number of fused-ring (bicyclic) bond motifs is 1. The molecule has 0 aliphatic carbocycles. The Morgan fingerprint density at radius 2 is 1.96 bits per heavy atom. The van der Waals surface area contributed by atoms with Crippen LogP contribution in [0.5, 0.6) is 0 Å². The lowest BCUT2D eigenvalue weighted by Gasteiger charge is -2.20. The number of hydrogen-bond donors (Lipinski definition) is 1. The van der Waals surface area contributed by atoms with Crippen LogP contribution in [0.1, 0.15) is 12.5 Å². The molecular formula is C16H19N5O2. The van der Waals surface area contributed by atoms with Gasteiger partial charge in [-0.1, -0.05) is 12.1 Å². The highest BCUT2D eigenvalue weighted by molar-refractivity contribution is 5.75. The average Bonchev–Trinajstić information content (AvgIpc) is 2.97. The van der Waals surface area contributed by atoms with Crippen LogP contribution >= 0.6 is 0 Å². The van der Waals surface area contributed by atoms with Crippen molar-refractivity contribution in [1.29, 1.82) is 0 Å². The summed E-state index contributed by atoms with van der Waals surface area (Å²) < 4.78 is 2.45. The number of benzene rings is 1. The number of aryl methyl sites for hydroxylation is 2. The highest BCUT2D eigenvalue weighted by Crippen LogP contribution is 2.24. The molecule has 7 nitrogen and oxygen atoms in total. The number of nitrogens with zero attached hydrogens (tertiary/aromatic N) is 4. The molecule has 0 saturated carbocycles. The molecule has 2 aromatic heterocycles. The van der Waals surface area contributed by atoms with Crippen LogP contribution in [0.2, 0.25) is 0 Å². The Kier molecular flexibility index (Phi) is 3.55. The molecule has 0 bridgehead atoms. The number of H-pyrrole nitrogens is 1. The van der Waals surface area contributed by atoms with Gasteiger partial charge >= 0.3 is 5.69 Å². The van der Waals surface area contributed by atoms with Gasteiger partial charge in [-0.3, -0.25) is 13.9 Å². The van der Waals surface area contributed by atoms with E-state index in [1.807, 2.05) is 43.0 Å². The van der Waals surface area contributed by atoms with E-state index in [4.69, 9.17) is 0 Å². The first-order chi connectivity index (χ1) is 10.9. The van der Waals surface area contributed by atoms with E-state index in [1.54, 1.807) is 7.05 Å². The zero-order valence-electron chi connectivity index (χ0n) is 13.6. The summed E-state index contributed by atoms with van der Waals surface area (Å²) in [6, 6.07) is 8.04. The van der Waals surface area contributed by atoms with Gasteiger partial charge in [0.25, 0.3) is 5.56 Å². The number of imidazole rings is 1. The average molecular weight is 313 g/mol. The van der Waals surface area contributed by atoms with Gasteiger partial charge in [0.2, 0.25) is 5.95 Å². The molecule has 0 fully saturated rings. The Morgan fingerprint density at radius 3 is 2.61 bits per heavy atom. The third kappa shape index (κ3) is 2.34. The normalized spacial score (nSPS) is 11.1. The molecule has 0 aliphatic rings. The van der Waals surface area contributed by atoms with Crippen LogP contribution in [0, 0.1) is 6.92 Å². The molecule has 0 unspecified atom stereocenters. The van der Waals surface area contributed by atoms with Gasteiger partial charge in [0.1, 0.15) is 0 Å². The number of anilines is 2. The Hall–Kier alpha value is -2.83. The van der Waals surface area contributed by atoms with Crippen molar-refractivity contribution in [1.82, 2.24) is 19.1 Å². The van der Waals surface area contributed by atoms with Crippen LogP contribution in [0.4, 0.5) is 11.6 Å². The lowest BCUT2D eigenvalue weighted by atomic mass is 10.2. The molecule has 2 heterocycles. The van der Waals surface area contributed by atoms with Crippen molar-refractivity contribution in [3.8, 4) is 0 Å². The van der Waals surface area contributed by atoms with Crippen LogP contribution in [0.15, 0.2) is 33.9 Å². The first-order valence-electron chi connectivity index (χ1n) is 7.44. The zero-order chi connectivity index (χ0) is 16.7. The van der Waals surface area contributed by atoms with Crippen LogP contribution in [-0.4, -0.2) is 25.6 Å². The SMILES string of the molecule is CCN(c1cccc(C)c1)c1nc2c([nH]1)c(=O)n(C)c(=O)n2C. The molecule has 7 heteroatoms. The van der Waals surface area contributed by atoms with Crippen molar-refractivity contribution in [2.45, 2.75) is 13.8 Å². The zero-order valence-corrected chi connectivity index (χ0v) is 13.6. The van der Waals surface area contributed by atoms with Crippen molar-refractivity contribution in [3.63, 3.8) is 0 Å². The minimum absolute atomic E-state index is 0.329. The molecule has 3 aromatic rings. The van der Waals surface area contributed by atoms with Crippen molar-refractivity contribution >= 4 is 22.8 Å². The summed E-state index contributed by atoms with van der Waals surface area (Å²) in [6.45, 7) is 4.71. The quantitative estimate of drug-likeness (QED) is 0.793. The molecular weight excluding hydrogens is 294 g/mol. The second-order valence-corrected chi connectivity index (χ2v) is 5.55. The predicted molar refractivity (Wildman–Crippen MR) is 90.4 cm³/mol. The van der Waals surface area contributed by atoms with Crippen LogP contribution in [0.25, 0.3) is 11.2 Å². The maximum atomic E-state index is 12.3. The second kappa shape index (κ2) is 5.42. The maximum absolute atomic E-state index is 12.3. The molecule has 3 rings (SSSR count). The summed E-state index contributed by atoms with van der Waals surface area (Å²) in [5.41, 5.74) is 2.05. The fourth-order valence-corrected chi connectivity index (χ4v) is 2.69.